The third-order valence-corrected chi connectivity index (χ3v) is 3.74. The Kier molecular flexibility index (Phi) is 2.77. The summed E-state index contributed by atoms with van der Waals surface area (Å²) in [5.41, 5.74) is 9.34. The lowest BCUT2D eigenvalue weighted by molar-refractivity contribution is 0.277. The van der Waals surface area contributed by atoms with Gasteiger partial charge >= 0.3 is 0 Å². The molecule has 3 heteroatoms. The standard InChI is InChI=1S/C14H17N3/c15-12(9-10-3-1-4-10)11-5-2-6-13-14(11)17-8-7-16-13/h2,5-8,10,12H,1,3-4,9,15H2. The maximum Gasteiger partial charge on any atom is 0.0934 e. The van der Waals surface area contributed by atoms with Crippen molar-refractivity contribution in [3.05, 3.63) is 36.2 Å². The summed E-state index contributed by atoms with van der Waals surface area (Å²) in [6.45, 7) is 0. The van der Waals surface area contributed by atoms with E-state index >= 15 is 0 Å². The molecular formula is C14H17N3. The minimum Gasteiger partial charge on any atom is -0.324 e. The smallest absolute Gasteiger partial charge is 0.0934 e. The van der Waals surface area contributed by atoms with Crippen LogP contribution in [0.4, 0.5) is 0 Å². The lowest BCUT2D eigenvalue weighted by atomic mass is 9.79. The zero-order valence-corrected chi connectivity index (χ0v) is 9.84. The molecule has 3 rings (SSSR count). The summed E-state index contributed by atoms with van der Waals surface area (Å²) < 4.78 is 0. The number of rotatable bonds is 3. The molecule has 0 bridgehead atoms. The van der Waals surface area contributed by atoms with E-state index in [-0.39, 0.29) is 6.04 Å². The lowest BCUT2D eigenvalue weighted by Gasteiger charge is -2.28. The SMILES string of the molecule is NC(CC1CCC1)c1cccc2nccnc12. The van der Waals surface area contributed by atoms with Crippen LogP contribution in [0.1, 0.15) is 37.3 Å². The first-order valence-electron chi connectivity index (χ1n) is 6.30. The zero-order valence-electron chi connectivity index (χ0n) is 9.84. The van der Waals surface area contributed by atoms with Crippen molar-refractivity contribution in [2.45, 2.75) is 31.7 Å². The van der Waals surface area contributed by atoms with Crippen LogP contribution in [0.5, 0.6) is 0 Å². The van der Waals surface area contributed by atoms with E-state index in [1.807, 2.05) is 12.1 Å². The van der Waals surface area contributed by atoms with E-state index in [1.54, 1.807) is 12.4 Å². The average molecular weight is 227 g/mol. The van der Waals surface area contributed by atoms with Crippen LogP contribution in [0.15, 0.2) is 30.6 Å². The van der Waals surface area contributed by atoms with Crippen molar-refractivity contribution in [3.8, 4) is 0 Å². The predicted molar refractivity (Wildman–Crippen MR) is 68.4 cm³/mol. The highest BCUT2D eigenvalue weighted by Gasteiger charge is 2.22. The summed E-state index contributed by atoms with van der Waals surface area (Å²) in [6.07, 6.45) is 8.59. The third kappa shape index (κ3) is 2.03. The number of hydrogen-bond acceptors (Lipinski definition) is 3. The Morgan fingerprint density at radius 2 is 2.06 bits per heavy atom. The molecule has 1 aromatic heterocycles. The van der Waals surface area contributed by atoms with Crippen molar-refractivity contribution in [1.29, 1.82) is 0 Å². The molecule has 1 atom stereocenters. The van der Waals surface area contributed by atoms with Crippen LogP contribution >= 0.6 is 0 Å². The van der Waals surface area contributed by atoms with Crippen LogP contribution in [-0.4, -0.2) is 9.97 Å². The van der Waals surface area contributed by atoms with E-state index < -0.39 is 0 Å². The van der Waals surface area contributed by atoms with Gasteiger partial charge in [0.2, 0.25) is 0 Å². The molecule has 2 N–H and O–H groups in total. The molecule has 1 saturated carbocycles. The van der Waals surface area contributed by atoms with Gasteiger partial charge in [-0.05, 0) is 24.0 Å². The second-order valence-electron chi connectivity index (χ2n) is 4.91. The predicted octanol–water partition coefficient (Wildman–Crippen LogP) is 2.82. The van der Waals surface area contributed by atoms with Gasteiger partial charge in [0.1, 0.15) is 0 Å². The fraction of sp³-hybridized carbons (Fsp3) is 0.429. The summed E-state index contributed by atoms with van der Waals surface area (Å²) in [7, 11) is 0. The van der Waals surface area contributed by atoms with Gasteiger partial charge in [-0.3, -0.25) is 9.97 Å². The van der Waals surface area contributed by atoms with Crippen LogP contribution in [0.3, 0.4) is 0 Å². The van der Waals surface area contributed by atoms with Crippen LogP contribution in [0.25, 0.3) is 11.0 Å². The third-order valence-electron chi connectivity index (χ3n) is 3.74. The Morgan fingerprint density at radius 3 is 2.82 bits per heavy atom. The van der Waals surface area contributed by atoms with Gasteiger partial charge in [-0.25, -0.2) is 0 Å². The first-order chi connectivity index (χ1) is 8.34. The van der Waals surface area contributed by atoms with E-state index in [4.69, 9.17) is 5.73 Å². The van der Waals surface area contributed by atoms with Gasteiger partial charge in [-0.1, -0.05) is 31.4 Å². The minimum atomic E-state index is 0.0979. The molecule has 0 saturated heterocycles. The Balaban J connectivity index is 1.92. The van der Waals surface area contributed by atoms with Gasteiger partial charge in [0.15, 0.2) is 0 Å². The highest BCUT2D eigenvalue weighted by molar-refractivity contribution is 5.77. The molecule has 0 radical (unpaired) electrons. The molecule has 1 unspecified atom stereocenters. The highest BCUT2D eigenvalue weighted by atomic mass is 14.8. The molecule has 1 aliphatic rings. The molecule has 0 spiro atoms. The van der Waals surface area contributed by atoms with E-state index in [0.717, 1.165) is 28.9 Å². The molecular weight excluding hydrogens is 210 g/mol. The van der Waals surface area contributed by atoms with Crippen LogP contribution in [-0.2, 0) is 0 Å². The molecule has 88 valence electrons. The summed E-state index contributed by atoms with van der Waals surface area (Å²) in [5, 5.41) is 0. The van der Waals surface area contributed by atoms with Crippen molar-refractivity contribution in [3.63, 3.8) is 0 Å². The fourth-order valence-electron chi connectivity index (χ4n) is 2.53. The Morgan fingerprint density at radius 1 is 1.24 bits per heavy atom. The average Bonchev–Trinajstić information content (AvgIpc) is 2.33. The highest BCUT2D eigenvalue weighted by Crippen LogP contribution is 2.34. The molecule has 3 nitrogen and oxygen atoms in total. The van der Waals surface area contributed by atoms with Gasteiger partial charge in [-0.2, -0.15) is 0 Å². The number of aromatic nitrogens is 2. The monoisotopic (exact) mass is 227 g/mol. The van der Waals surface area contributed by atoms with Gasteiger partial charge in [0.05, 0.1) is 11.0 Å². The quantitative estimate of drug-likeness (QED) is 0.877. The van der Waals surface area contributed by atoms with E-state index in [0.29, 0.717) is 0 Å². The molecule has 1 fully saturated rings. The summed E-state index contributed by atoms with van der Waals surface area (Å²) in [6, 6.07) is 6.19. The normalized spacial score (nSPS) is 17.9. The van der Waals surface area contributed by atoms with Gasteiger partial charge in [-0.15, -0.1) is 0 Å². The molecule has 17 heavy (non-hydrogen) atoms. The van der Waals surface area contributed by atoms with Crippen molar-refractivity contribution < 1.29 is 0 Å². The van der Waals surface area contributed by atoms with E-state index in [9.17, 15) is 0 Å². The Labute approximate surface area is 101 Å². The number of benzene rings is 1. The second kappa shape index (κ2) is 4.41. The van der Waals surface area contributed by atoms with Crippen LogP contribution in [0, 0.1) is 5.92 Å². The van der Waals surface area contributed by atoms with Crippen molar-refractivity contribution in [1.82, 2.24) is 9.97 Å². The number of hydrogen-bond donors (Lipinski definition) is 1. The zero-order chi connectivity index (χ0) is 11.7. The number of nitrogens with two attached hydrogens (primary N) is 1. The number of para-hydroxylation sites is 1. The fourth-order valence-corrected chi connectivity index (χ4v) is 2.53. The molecule has 1 aromatic carbocycles. The van der Waals surface area contributed by atoms with Gasteiger partial charge in [0, 0.05) is 18.4 Å². The number of nitrogens with zero attached hydrogens (tertiary/aromatic N) is 2. The molecule has 1 heterocycles. The lowest BCUT2D eigenvalue weighted by Crippen LogP contribution is -2.20. The van der Waals surface area contributed by atoms with Crippen molar-refractivity contribution >= 4 is 11.0 Å². The van der Waals surface area contributed by atoms with E-state index in [1.165, 1.54) is 19.3 Å². The van der Waals surface area contributed by atoms with Crippen LogP contribution < -0.4 is 5.73 Å². The van der Waals surface area contributed by atoms with Crippen LogP contribution in [0.2, 0.25) is 0 Å². The Hall–Kier alpha value is -1.48. The van der Waals surface area contributed by atoms with Gasteiger partial charge in [0.25, 0.3) is 0 Å². The van der Waals surface area contributed by atoms with Crippen molar-refractivity contribution in [2.75, 3.05) is 0 Å². The Bertz CT molecular complexity index is 514. The maximum absolute atomic E-state index is 6.30. The molecule has 1 aliphatic carbocycles. The maximum atomic E-state index is 6.30. The molecule has 2 aromatic rings. The number of fused-ring (bicyclic) bond motifs is 1. The first kappa shape index (κ1) is 10.7. The summed E-state index contributed by atoms with van der Waals surface area (Å²) >= 11 is 0. The minimum absolute atomic E-state index is 0.0979. The van der Waals surface area contributed by atoms with Crippen molar-refractivity contribution in [2.24, 2.45) is 11.7 Å². The first-order valence-corrected chi connectivity index (χ1v) is 6.30. The second-order valence-corrected chi connectivity index (χ2v) is 4.91. The largest absolute Gasteiger partial charge is 0.324 e. The topological polar surface area (TPSA) is 51.8 Å². The van der Waals surface area contributed by atoms with Gasteiger partial charge < -0.3 is 5.73 Å². The summed E-state index contributed by atoms with van der Waals surface area (Å²) in [5.74, 6) is 0.817. The molecule has 0 amide bonds. The molecule has 0 aliphatic heterocycles. The summed E-state index contributed by atoms with van der Waals surface area (Å²) in [4.78, 5) is 8.73. The van der Waals surface area contributed by atoms with E-state index in [2.05, 4.69) is 16.0 Å².